The average molecular weight is 826 g/mol. The molecule has 336 valence electrons. The molecule has 0 saturated carbocycles. The number of carbonyl (C=O) groups is 1. The first-order valence-corrected chi connectivity index (χ1v) is 23.0. The Morgan fingerprint density at radius 1 is 0.593 bits per heavy atom. The van der Waals surface area contributed by atoms with Crippen LogP contribution in [0.1, 0.15) is 155 Å². The van der Waals surface area contributed by atoms with Crippen molar-refractivity contribution in [2.45, 2.75) is 198 Å². The standard InChI is InChI=1S/C50H83NO8/c1-3-5-7-9-11-13-15-16-17-18-19-20-21-22-23-24-25-26-27-28-30-32-34-36-38-40-46(54)51-43(42-58-50-49(57)48(56)47(55)45(41-52)59-50)44(53)39-37-35-33-31-29-14-12-10-8-6-4-2/h5,7-8,10-11,13,16-17,19-20,22-23,29,31,37,39,43-45,47-50,52-53,55-57H,3-4,6,9,12,14-15,18,21,24-28,30,32-36,38,40-42H2,1-2H3,(H,51,54)/b7-5-,10-8+,13-11-,17-16-,20-19-,23-22-,31-29+,39-37+. The lowest BCUT2D eigenvalue weighted by Gasteiger charge is -2.40. The predicted octanol–water partition coefficient (Wildman–Crippen LogP) is 9.72. The van der Waals surface area contributed by atoms with Gasteiger partial charge in [0.2, 0.25) is 5.91 Å². The van der Waals surface area contributed by atoms with Gasteiger partial charge in [0, 0.05) is 6.42 Å². The molecular weight excluding hydrogens is 743 g/mol. The molecule has 6 N–H and O–H groups in total. The molecule has 7 atom stereocenters. The van der Waals surface area contributed by atoms with Gasteiger partial charge in [-0.15, -0.1) is 0 Å². The van der Waals surface area contributed by atoms with Crippen molar-refractivity contribution in [3.8, 4) is 0 Å². The Bertz CT molecular complexity index is 1240. The summed E-state index contributed by atoms with van der Waals surface area (Å²) in [5.41, 5.74) is 0. The Balaban J connectivity index is 2.30. The van der Waals surface area contributed by atoms with Gasteiger partial charge >= 0.3 is 0 Å². The smallest absolute Gasteiger partial charge is 0.220 e. The van der Waals surface area contributed by atoms with Gasteiger partial charge in [0.1, 0.15) is 24.4 Å². The van der Waals surface area contributed by atoms with Crippen molar-refractivity contribution in [3.05, 3.63) is 97.2 Å². The van der Waals surface area contributed by atoms with Crippen LogP contribution in [0.25, 0.3) is 0 Å². The van der Waals surface area contributed by atoms with Gasteiger partial charge in [-0.1, -0.05) is 162 Å². The van der Waals surface area contributed by atoms with Crippen molar-refractivity contribution in [2.75, 3.05) is 13.2 Å². The summed E-state index contributed by atoms with van der Waals surface area (Å²) in [5, 5.41) is 54.0. The van der Waals surface area contributed by atoms with Crippen molar-refractivity contribution in [2.24, 2.45) is 0 Å². The summed E-state index contributed by atoms with van der Waals surface area (Å²) in [6.45, 7) is 3.53. The summed E-state index contributed by atoms with van der Waals surface area (Å²) >= 11 is 0. The van der Waals surface area contributed by atoms with Crippen molar-refractivity contribution in [3.63, 3.8) is 0 Å². The van der Waals surface area contributed by atoms with Crippen molar-refractivity contribution < 1.29 is 39.8 Å². The molecular formula is C50H83NO8. The molecule has 0 aliphatic carbocycles. The minimum absolute atomic E-state index is 0.205. The van der Waals surface area contributed by atoms with Crippen LogP contribution in [0.4, 0.5) is 0 Å². The Labute approximate surface area is 358 Å². The minimum Gasteiger partial charge on any atom is -0.394 e. The van der Waals surface area contributed by atoms with Crippen LogP contribution in [0.5, 0.6) is 0 Å². The number of nitrogens with one attached hydrogen (secondary N) is 1. The largest absolute Gasteiger partial charge is 0.394 e. The number of amides is 1. The molecule has 9 heteroatoms. The van der Waals surface area contributed by atoms with Crippen LogP contribution in [-0.2, 0) is 14.3 Å². The Morgan fingerprint density at radius 2 is 1.07 bits per heavy atom. The van der Waals surface area contributed by atoms with Gasteiger partial charge in [-0.25, -0.2) is 0 Å². The number of allylic oxidation sites excluding steroid dienone is 15. The van der Waals surface area contributed by atoms with E-state index in [1.165, 1.54) is 32.1 Å². The number of carbonyl (C=O) groups excluding carboxylic acids is 1. The highest BCUT2D eigenvalue weighted by Gasteiger charge is 2.44. The van der Waals surface area contributed by atoms with Gasteiger partial charge in [-0.05, 0) is 83.5 Å². The van der Waals surface area contributed by atoms with E-state index in [4.69, 9.17) is 9.47 Å². The van der Waals surface area contributed by atoms with E-state index in [1.807, 2.05) is 6.08 Å². The highest BCUT2D eigenvalue weighted by atomic mass is 16.7. The summed E-state index contributed by atoms with van der Waals surface area (Å²) in [6.07, 6.45) is 48.9. The van der Waals surface area contributed by atoms with Crippen LogP contribution in [-0.4, -0.2) is 87.5 Å². The molecule has 0 radical (unpaired) electrons. The molecule has 1 saturated heterocycles. The Hall–Kier alpha value is -2.89. The topological polar surface area (TPSA) is 149 Å². The highest BCUT2D eigenvalue weighted by molar-refractivity contribution is 5.76. The third-order valence-corrected chi connectivity index (χ3v) is 10.1. The number of hydrogen-bond donors (Lipinski definition) is 6. The van der Waals surface area contributed by atoms with E-state index in [1.54, 1.807) is 6.08 Å². The van der Waals surface area contributed by atoms with Crippen LogP contribution in [0.2, 0.25) is 0 Å². The lowest BCUT2D eigenvalue weighted by Crippen LogP contribution is -2.60. The normalized spacial score (nSPS) is 21.6. The van der Waals surface area contributed by atoms with E-state index in [2.05, 4.69) is 104 Å². The monoisotopic (exact) mass is 826 g/mol. The van der Waals surface area contributed by atoms with Crippen molar-refractivity contribution in [1.29, 1.82) is 0 Å². The molecule has 9 nitrogen and oxygen atoms in total. The van der Waals surface area contributed by atoms with Crippen LogP contribution in [0.15, 0.2) is 97.2 Å². The maximum absolute atomic E-state index is 12.9. The minimum atomic E-state index is -1.58. The van der Waals surface area contributed by atoms with Gasteiger partial charge in [-0.2, -0.15) is 0 Å². The molecule has 1 heterocycles. The molecule has 1 rings (SSSR count). The van der Waals surface area contributed by atoms with E-state index in [9.17, 15) is 30.3 Å². The fourth-order valence-corrected chi connectivity index (χ4v) is 6.45. The van der Waals surface area contributed by atoms with Crippen LogP contribution < -0.4 is 5.32 Å². The molecule has 0 aromatic rings. The second-order valence-corrected chi connectivity index (χ2v) is 15.4. The molecule has 1 aliphatic heterocycles. The number of ether oxygens (including phenoxy) is 2. The van der Waals surface area contributed by atoms with Crippen LogP contribution in [0.3, 0.4) is 0 Å². The fourth-order valence-electron chi connectivity index (χ4n) is 6.45. The van der Waals surface area contributed by atoms with E-state index in [-0.39, 0.29) is 12.5 Å². The van der Waals surface area contributed by atoms with Gasteiger partial charge in [0.05, 0.1) is 25.4 Å². The molecule has 0 aromatic heterocycles. The highest BCUT2D eigenvalue weighted by Crippen LogP contribution is 2.22. The molecule has 1 fully saturated rings. The van der Waals surface area contributed by atoms with Gasteiger partial charge in [0.15, 0.2) is 6.29 Å². The summed E-state index contributed by atoms with van der Waals surface area (Å²) in [6, 6.07) is -0.836. The van der Waals surface area contributed by atoms with E-state index in [0.29, 0.717) is 6.42 Å². The second-order valence-electron chi connectivity index (χ2n) is 15.4. The van der Waals surface area contributed by atoms with E-state index in [0.717, 1.165) is 103 Å². The van der Waals surface area contributed by atoms with Gasteiger partial charge < -0.3 is 40.3 Å². The summed E-state index contributed by atoms with van der Waals surface area (Å²) in [5.74, 6) is -0.205. The molecule has 1 aliphatic rings. The summed E-state index contributed by atoms with van der Waals surface area (Å²) in [4.78, 5) is 12.9. The molecule has 0 spiro atoms. The third-order valence-electron chi connectivity index (χ3n) is 10.1. The predicted molar refractivity (Wildman–Crippen MR) is 244 cm³/mol. The molecule has 7 unspecified atom stereocenters. The molecule has 0 aromatic carbocycles. The van der Waals surface area contributed by atoms with Crippen LogP contribution >= 0.6 is 0 Å². The second kappa shape index (κ2) is 39.3. The number of hydrogen-bond acceptors (Lipinski definition) is 8. The maximum Gasteiger partial charge on any atom is 0.220 e. The SMILES string of the molecule is CC/C=C\C/C=C\C/C=C\C/C=C\C/C=C\CCCCCCCCCCCC(=O)NC(COC1OC(CO)C(O)C(O)C1O)C(O)/C=C/CC/C=C/CC/C=C/CCC. The quantitative estimate of drug-likeness (QED) is 0.0270. The Morgan fingerprint density at radius 3 is 1.61 bits per heavy atom. The molecule has 0 bridgehead atoms. The molecule has 1 amide bonds. The van der Waals surface area contributed by atoms with Gasteiger partial charge in [-0.3, -0.25) is 4.79 Å². The first-order chi connectivity index (χ1) is 28.8. The number of aliphatic hydroxyl groups is 5. The third kappa shape index (κ3) is 29.9. The first-order valence-electron chi connectivity index (χ1n) is 23.0. The van der Waals surface area contributed by atoms with E-state index < -0.39 is 49.5 Å². The van der Waals surface area contributed by atoms with Crippen molar-refractivity contribution in [1.82, 2.24) is 5.32 Å². The van der Waals surface area contributed by atoms with E-state index >= 15 is 0 Å². The lowest BCUT2D eigenvalue weighted by atomic mass is 9.99. The zero-order valence-corrected chi connectivity index (χ0v) is 36.7. The Kier molecular flexibility index (Phi) is 36.0. The van der Waals surface area contributed by atoms with Crippen molar-refractivity contribution >= 4 is 5.91 Å². The number of aliphatic hydroxyl groups excluding tert-OH is 5. The zero-order chi connectivity index (χ0) is 43.0. The average Bonchev–Trinajstić information content (AvgIpc) is 3.23. The number of unbranched alkanes of at least 4 members (excludes halogenated alkanes) is 12. The molecule has 59 heavy (non-hydrogen) atoms. The summed E-state index contributed by atoms with van der Waals surface area (Å²) in [7, 11) is 0. The first kappa shape index (κ1) is 54.1. The maximum atomic E-state index is 12.9. The summed E-state index contributed by atoms with van der Waals surface area (Å²) < 4.78 is 11.2. The van der Waals surface area contributed by atoms with Crippen LogP contribution in [0, 0.1) is 0 Å². The number of rotatable bonds is 36. The fraction of sp³-hybridized carbons (Fsp3) is 0.660. The zero-order valence-electron chi connectivity index (χ0n) is 36.7. The van der Waals surface area contributed by atoms with Gasteiger partial charge in [0.25, 0.3) is 0 Å². The lowest BCUT2D eigenvalue weighted by molar-refractivity contribution is -0.302.